The van der Waals surface area contributed by atoms with E-state index >= 15 is 0 Å². The molecule has 0 aliphatic heterocycles. The molecule has 2 aromatic rings. The number of nitrogens with one attached hydrogen (secondary N) is 1. The number of aryl methyl sites for hydroxylation is 1. The van der Waals surface area contributed by atoms with Crippen LogP contribution in [0, 0.1) is 6.92 Å². The van der Waals surface area contributed by atoms with E-state index in [0.717, 1.165) is 0 Å². The Balaban J connectivity index is 2.38. The SMILES string of the molecule is COCCC(NC(=O)c1c(-c2c(Cl)cccc2Cl)noc1C)C(=O)O. The molecule has 2 N–H and O–H groups in total. The monoisotopic (exact) mass is 386 g/mol. The van der Waals surface area contributed by atoms with Crippen molar-refractivity contribution < 1.29 is 24.0 Å². The van der Waals surface area contributed by atoms with Gasteiger partial charge in [0.25, 0.3) is 5.91 Å². The molecule has 1 aromatic carbocycles. The van der Waals surface area contributed by atoms with Crippen LogP contribution < -0.4 is 5.32 Å². The number of hydrogen-bond acceptors (Lipinski definition) is 5. The highest BCUT2D eigenvalue weighted by Crippen LogP contribution is 2.36. The van der Waals surface area contributed by atoms with Crippen LogP contribution in [0.15, 0.2) is 22.7 Å². The molecule has 1 aromatic heterocycles. The number of amides is 1. The maximum atomic E-state index is 12.6. The molecule has 134 valence electrons. The van der Waals surface area contributed by atoms with Crippen molar-refractivity contribution in [1.29, 1.82) is 0 Å². The van der Waals surface area contributed by atoms with Crippen LogP contribution in [0.5, 0.6) is 0 Å². The molecule has 1 unspecified atom stereocenters. The first kappa shape index (κ1) is 19.2. The number of hydrogen-bond donors (Lipinski definition) is 2. The van der Waals surface area contributed by atoms with Gasteiger partial charge in [0.2, 0.25) is 0 Å². The minimum absolute atomic E-state index is 0.0821. The van der Waals surface area contributed by atoms with Gasteiger partial charge in [0.15, 0.2) is 0 Å². The molecule has 7 nitrogen and oxygen atoms in total. The Morgan fingerprint density at radius 2 is 2.00 bits per heavy atom. The van der Waals surface area contributed by atoms with Crippen molar-refractivity contribution in [1.82, 2.24) is 10.5 Å². The maximum absolute atomic E-state index is 12.6. The van der Waals surface area contributed by atoms with Gasteiger partial charge in [0.1, 0.15) is 23.1 Å². The van der Waals surface area contributed by atoms with Crippen LogP contribution in [0.1, 0.15) is 22.5 Å². The van der Waals surface area contributed by atoms with Gasteiger partial charge in [-0.3, -0.25) is 4.79 Å². The number of halogens is 2. The zero-order valence-corrected chi connectivity index (χ0v) is 15.0. The highest BCUT2D eigenvalue weighted by atomic mass is 35.5. The predicted molar refractivity (Wildman–Crippen MR) is 92.1 cm³/mol. The first-order valence-electron chi connectivity index (χ1n) is 7.30. The van der Waals surface area contributed by atoms with Gasteiger partial charge in [-0.2, -0.15) is 0 Å². The molecule has 0 aliphatic carbocycles. The molecular weight excluding hydrogens is 371 g/mol. The molecule has 0 spiro atoms. The van der Waals surface area contributed by atoms with Crippen LogP contribution in [-0.2, 0) is 9.53 Å². The topological polar surface area (TPSA) is 102 Å². The number of carboxylic acids is 1. The zero-order chi connectivity index (χ0) is 18.6. The highest BCUT2D eigenvalue weighted by molar-refractivity contribution is 6.39. The molecular formula is C16H16Cl2N2O5. The van der Waals surface area contributed by atoms with Crippen LogP contribution in [0.3, 0.4) is 0 Å². The molecule has 0 fully saturated rings. The number of rotatable bonds is 7. The summed E-state index contributed by atoms with van der Waals surface area (Å²) >= 11 is 12.3. The van der Waals surface area contributed by atoms with Gasteiger partial charge in [-0.15, -0.1) is 0 Å². The van der Waals surface area contributed by atoms with Gasteiger partial charge in [0.05, 0.1) is 10.0 Å². The van der Waals surface area contributed by atoms with Crippen molar-refractivity contribution >= 4 is 35.1 Å². The number of carboxylic acid groups (broad SMARTS) is 1. The van der Waals surface area contributed by atoms with E-state index in [-0.39, 0.29) is 30.0 Å². The fraction of sp³-hybridized carbons (Fsp3) is 0.312. The van der Waals surface area contributed by atoms with Crippen LogP contribution in [0.4, 0.5) is 0 Å². The molecule has 0 saturated heterocycles. The lowest BCUT2D eigenvalue weighted by Gasteiger charge is -2.14. The summed E-state index contributed by atoms with van der Waals surface area (Å²) in [4.78, 5) is 23.9. The first-order chi connectivity index (χ1) is 11.9. The molecule has 0 saturated carbocycles. The highest BCUT2D eigenvalue weighted by Gasteiger charge is 2.28. The third-order valence-electron chi connectivity index (χ3n) is 3.50. The van der Waals surface area contributed by atoms with Crippen molar-refractivity contribution in [2.24, 2.45) is 0 Å². The van der Waals surface area contributed by atoms with Crippen molar-refractivity contribution in [3.05, 3.63) is 39.6 Å². The number of aliphatic carboxylic acids is 1. The summed E-state index contributed by atoms with van der Waals surface area (Å²) in [6, 6.07) is 3.75. The first-order valence-corrected chi connectivity index (χ1v) is 8.05. The number of carbonyl (C=O) groups excluding carboxylic acids is 1. The lowest BCUT2D eigenvalue weighted by Crippen LogP contribution is -2.41. The summed E-state index contributed by atoms with van der Waals surface area (Å²) in [6.45, 7) is 1.73. The Kier molecular flexibility index (Phi) is 6.41. The average Bonchev–Trinajstić information content (AvgIpc) is 2.92. The summed E-state index contributed by atoms with van der Waals surface area (Å²) in [7, 11) is 1.45. The maximum Gasteiger partial charge on any atom is 0.326 e. The van der Waals surface area contributed by atoms with E-state index in [4.69, 9.17) is 32.5 Å². The normalized spacial score (nSPS) is 12.0. The number of aromatic nitrogens is 1. The van der Waals surface area contributed by atoms with Gasteiger partial charge in [-0.05, 0) is 19.1 Å². The molecule has 2 rings (SSSR count). The van der Waals surface area contributed by atoms with Crippen molar-refractivity contribution in [3.63, 3.8) is 0 Å². The van der Waals surface area contributed by atoms with Crippen molar-refractivity contribution in [2.75, 3.05) is 13.7 Å². The third kappa shape index (κ3) is 4.31. The quantitative estimate of drug-likeness (QED) is 0.757. The summed E-state index contributed by atoms with van der Waals surface area (Å²) < 4.78 is 9.97. The number of ether oxygens (including phenoxy) is 1. The lowest BCUT2D eigenvalue weighted by molar-refractivity contribution is -0.139. The van der Waals surface area contributed by atoms with E-state index in [2.05, 4.69) is 10.5 Å². The minimum Gasteiger partial charge on any atom is -0.480 e. The number of nitrogens with zero attached hydrogens (tertiary/aromatic N) is 1. The van der Waals surface area contributed by atoms with Crippen LogP contribution >= 0.6 is 23.2 Å². The molecule has 9 heteroatoms. The summed E-state index contributed by atoms with van der Waals surface area (Å²) in [5, 5.41) is 16.1. The Labute approximate surface area is 153 Å². The van der Waals surface area contributed by atoms with Crippen LogP contribution in [-0.4, -0.2) is 41.9 Å². The lowest BCUT2D eigenvalue weighted by atomic mass is 10.0. The standard InChI is InChI=1S/C16H16Cl2N2O5/c1-8-12(15(21)19-11(16(22)23)6-7-24-2)14(20-25-8)13-9(17)4-3-5-10(13)18/h3-5,11H,6-7H2,1-2H3,(H,19,21)(H,22,23). The van der Waals surface area contributed by atoms with E-state index in [1.54, 1.807) is 25.1 Å². The van der Waals surface area contributed by atoms with E-state index in [0.29, 0.717) is 15.6 Å². The second-order valence-electron chi connectivity index (χ2n) is 5.20. The van der Waals surface area contributed by atoms with Crippen molar-refractivity contribution in [2.45, 2.75) is 19.4 Å². The Morgan fingerprint density at radius 1 is 1.36 bits per heavy atom. The molecule has 0 bridgehead atoms. The van der Waals surface area contributed by atoms with Crippen molar-refractivity contribution in [3.8, 4) is 11.3 Å². The van der Waals surface area contributed by atoms with E-state index in [1.807, 2.05) is 0 Å². The van der Waals surface area contributed by atoms with Gasteiger partial charge >= 0.3 is 5.97 Å². The zero-order valence-electron chi connectivity index (χ0n) is 13.5. The van der Waals surface area contributed by atoms with Crippen LogP contribution in [0.25, 0.3) is 11.3 Å². The van der Waals surface area contributed by atoms with E-state index in [9.17, 15) is 14.7 Å². The molecule has 1 heterocycles. The average molecular weight is 387 g/mol. The number of methoxy groups -OCH3 is 1. The molecule has 1 amide bonds. The Morgan fingerprint density at radius 3 is 2.56 bits per heavy atom. The van der Waals surface area contributed by atoms with Crippen LogP contribution in [0.2, 0.25) is 10.0 Å². The van der Waals surface area contributed by atoms with Gasteiger partial charge in [-0.25, -0.2) is 4.79 Å². The third-order valence-corrected chi connectivity index (χ3v) is 4.13. The second-order valence-corrected chi connectivity index (χ2v) is 6.02. The Bertz CT molecular complexity index is 771. The predicted octanol–water partition coefficient (Wildman–Crippen LogP) is 3.18. The van der Waals surface area contributed by atoms with Gasteiger partial charge < -0.3 is 19.7 Å². The summed E-state index contributed by atoms with van der Waals surface area (Å²) in [6.07, 6.45) is 0.115. The number of benzene rings is 1. The summed E-state index contributed by atoms with van der Waals surface area (Å²) in [5.74, 6) is -1.59. The molecule has 1 atom stereocenters. The Hall–Kier alpha value is -2.09. The largest absolute Gasteiger partial charge is 0.480 e. The summed E-state index contributed by atoms with van der Waals surface area (Å²) in [5.41, 5.74) is 0.580. The number of carbonyl (C=O) groups is 2. The fourth-order valence-electron chi connectivity index (χ4n) is 2.26. The smallest absolute Gasteiger partial charge is 0.326 e. The fourth-order valence-corrected chi connectivity index (χ4v) is 2.83. The van der Waals surface area contributed by atoms with E-state index < -0.39 is 17.9 Å². The minimum atomic E-state index is -1.17. The van der Waals surface area contributed by atoms with Gasteiger partial charge in [-0.1, -0.05) is 34.4 Å². The second kappa shape index (κ2) is 8.33. The molecule has 0 radical (unpaired) electrons. The molecule has 25 heavy (non-hydrogen) atoms. The van der Waals surface area contributed by atoms with E-state index in [1.165, 1.54) is 7.11 Å². The van der Waals surface area contributed by atoms with Gasteiger partial charge in [0, 0.05) is 25.7 Å². The molecule has 0 aliphatic rings.